The van der Waals surface area contributed by atoms with Gasteiger partial charge < -0.3 is 5.32 Å². The van der Waals surface area contributed by atoms with Gasteiger partial charge in [-0.05, 0) is 13.0 Å². The van der Waals surface area contributed by atoms with Crippen LogP contribution < -0.4 is 5.32 Å². The number of hydrogen-bond donors (Lipinski definition) is 1. The molecule has 0 fully saturated rings. The van der Waals surface area contributed by atoms with E-state index in [1.54, 1.807) is 11.0 Å². The van der Waals surface area contributed by atoms with Crippen LogP contribution in [0.5, 0.6) is 0 Å². The van der Waals surface area contributed by atoms with Gasteiger partial charge in [0.25, 0.3) is 0 Å². The smallest absolute Gasteiger partial charge is 0.140 e. The third-order valence-corrected chi connectivity index (χ3v) is 1.80. The normalized spacial score (nSPS) is 10.5. The summed E-state index contributed by atoms with van der Waals surface area (Å²) in [5.74, 6) is 0.992. The molecule has 1 N–H and O–H groups in total. The second-order valence-electron chi connectivity index (χ2n) is 2.83. The van der Waals surface area contributed by atoms with Gasteiger partial charge in [0.15, 0.2) is 0 Å². The van der Waals surface area contributed by atoms with E-state index in [0.717, 1.165) is 18.9 Å². The maximum atomic E-state index is 4.10. The van der Waals surface area contributed by atoms with Crippen LogP contribution in [0.2, 0.25) is 0 Å². The minimum absolute atomic E-state index is 0.816. The Morgan fingerprint density at radius 1 is 1.58 bits per heavy atom. The van der Waals surface area contributed by atoms with Gasteiger partial charge in [0.1, 0.15) is 12.2 Å². The van der Waals surface area contributed by atoms with Crippen molar-refractivity contribution in [2.45, 2.75) is 26.3 Å². The molecule has 0 spiro atoms. The van der Waals surface area contributed by atoms with Crippen molar-refractivity contribution in [1.29, 1.82) is 0 Å². The number of unbranched alkanes of at least 4 members (excludes halogenated alkanes) is 1. The van der Waals surface area contributed by atoms with Crippen molar-refractivity contribution in [3.63, 3.8) is 0 Å². The lowest BCUT2D eigenvalue weighted by atomic mass is 10.3. The molecule has 1 rings (SSSR count). The first-order chi connectivity index (χ1) is 5.84. The molecular weight excluding hydrogens is 152 g/mol. The monoisotopic (exact) mass is 168 g/mol. The van der Waals surface area contributed by atoms with Crippen LogP contribution in [0.3, 0.4) is 0 Å². The van der Waals surface area contributed by atoms with Gasteiger partial charge in [0.2, 0.25) is 0 Å². The fourth-order valence-electron chi connectivity index (χ4n) is 0.982. The van der Waals surface area contributed by atoms with Crippen molar-refractivity contribution < 1.29 is 0 Å². The molecule has 68 valence electrons. The summed E-state index contributed by atoms with van der Waals surface area (Å²) in [6, 6.07) is 0. The molecule has 0 radical (unpaired) electrons. The molecule has 1 aromatic rings. The molecule has 0 unspecified atom stereocenters. The molecule has 4 heteroatoms. The number of rotatable bonds is 5. The Morgan fingerprint density at radius 2 is 2.42 bits per heavy atom. The summed E-state index contributed by atoms with van der Waals surface area (Å²) in [6.07, 6.45) is 4.03. The first-order valence-electron chi connectivity index (χ1n) is 4.38. The quantitative estimate of drug-likeness (QED) is 0.658. The SMILES string of the molecule is CCCCNCc1ncnn1C. The number of hydrogen-bond acceptors (Lipinski definition) is 3. The minimum Gasteiger partial charge on any atom is -0.310 e. The summed E-state index contributed by atoms with van der Waals surface area (Å²) in [5.41, 5.74) is 0. The predicted octanol–water partition coefficient (Wildman–Crippen LogP) is 0.705. The van der Waals surface area contributed by atoms with Gasteiger partial charge in [-0.2, -0.15) is 5.10 Å². The van der Waals surface area contributed by atoms with Gasteiger partial charge in [0.05, 0.1) is 6.54 Å². The van der Waals surface area contributed by atoms with Crippen molar-refractivity contribution in [3.05, 3.63) is 12.2 Å². The van der Waals surface area contributed by atoms with Gasteiger partial charge in [-0.1, -0.05) is 13.3 Å². The van der Waals surface area contributed by atoms with Crippen LogP contribution in [-0.2, 0) is 13.6 Å². The highest BCUT2D eigenvalue weighted by Gasteiger charge is 1.97. The van der Waals surface area contributed by atoms with E-state index >= 15 is 0 Å². The highest BCUT2D eigenvalue weighted by atomic mass is 15.3. The van der Waals surface area contributed by atoms with Crippen molar-refractivity contribution in [2.75, 3.05) is 6.54 Å². The van der Waals surface area contributed by atoms with E-state index in [9.17, 15) is 0 Å². The van der Waals surface area contributed by atoms with E-state index in [0.29, 0.717) is 0 Å². The van der Waals surface area contributed by atoms with Crippen LogP contribution >= 0.6 is 0 Å². The zero-order valence-corrected chi connectivity index (χ0v) is 7.75. The highest BCUT2D eigenvalue weighted by Crippen LogP contribution is 1.90. The van der Waals surface area contributed by atoms with Gasteiger partial charge in [-0.25, -0.2) is 4.98 Å². The molecule has 0 saturated heterocycles. The van der Waals surface area contributed by atoms with E-state index in [2.05, 4.69) is 22.3 Å². The zero-order chi connectivity index (χ0) is 8.81. The maximum absolute atomic E-state index is 4.10. The standard InChI is InChI=1S/C8H16N4/c1-3-4-5-9-6-8-10-7-11-12(8)2/h7,9H,3-6H2,1-2H3. The zero-order valence-electron chi connectivity index (χ0n) is 7.75. The molecule has 0 amide bonds. The molecule has 0 aliphatic rings. The Balaban J connectivity index is 2.20. The molecule has 1 heterocycles. The molecule has 0 bridgehead atoms. The van der Waals surface area contributed by atoms with E-state index in [-0.39, 0.29) is 0 Å². The number of aryl methyl sites for hydroxylation is 1. The Hall–Kier alpha value is -0.900. The van der Waals surface area contributed by atoms with E-state index < -0.39 is 0 Å². The van der Waals surface area contributed by atoms with Gasteiger partial charge in [-0.15, -0.1) is 0 Å². The van der Waals surface area contributed by atoms with Crippen LogP contribution in [-0.4, -0.2) is 21.3 Å². The van der Waals surface area contributed by atoms with Gasteiger partial charge in [0, 0.05) is 7.05 Å². The molecule has 12 heavy (non-hydrogen) atoms. The van der Waals surface area contributed by atoms with E-state index in [1.807, 2.05) is 7.05 Å². The molecule has 1 aromatic heterocycles. The summed E-state index contributed by atoms with van der Waals surface area (Å²) in [7, 11) is 1.91. The number of nitrogens with one attached hydrogen (secondary N) is 1. The summed E-state index contributed by atoms with van der Waals surface area (Å²) >= 11 is 0. The summed E-state index contributed by atoms with van der Waals surface area (Å²) in [5, 5.41) is 7.29. The maximum Gasteiger partial charge on any atom is 0.140 e. The lowest BCUT2D eigenvalue weighted by Gasteiger charge is -2.01. The first-order valence-corrected chi connectivity index (χ1v) is 4.38. The topological polar surface area (TPSA) is 42.7 Å². The van der Waals surface area contributed by atoms with Crippen LogP contribution in [0.15, 0.2) is 6.33 Å². The van der Waals surface area contributed by atoms with Crippen LogP contribution in [0.4, 0.5) is 0 Å². The molecule has 0 aliphatic heterocycles. The van der Waals surface area contributed by atoms with Gasteiger partial charge >= 0.3 is 0 Å². The fourth-order valence-corrected chi connectivity index (χ4v) is 0.982. The van der Waals surface area contributed by atoms with Crippen molar-refractivity contribution >= 4 is 0 Å². The van der Waals surface area contributed by atoms with Crippen molar-refractivity contribution in [2.24, 2.45) is 7.05 Å². The molecule has 0 saturated carbocycles. The van der Waals surface area contributed by atoms with E-state index in [4.69, 9.17) is 0 Å². The van der Waals surface area contributed by atoms with Crippen LogP contribution in [0.1, 0.15) is 25.6 Å². The minimum atomic E-state index is 0.816. The second-order valence-corrected chi connectivity index (χ2v) is 2.83. The molecule has 0 aromatic carbocycles. The molecular formula is C8H16N4. The van der Waals surface area contributed by atoms with E-state index in [1.165, 1.54) is 12.8 Å². The van der Waals surface area contributed by atoms with Crippen LogP contribution in [0.25, 0.3) is 0 Å². The third-order valence-electron chi connectivity index (χ3n) is 1.80. The first kappa shape index (κ1) is 9.19. The Labute approximate surface area is 73.0 Å². The Kier molecular flexibility index (Phi) is 3.73. The largest absolute Gasteiger partial charge is 0.310 e. The van der Waals surface area contributed by atoms with Crippen molar-refractivity contribution in [3.8, 4) is 0 Å². The molecule has 0 aliphatic carbocycles. The highest BCUT2D eigenvalue weighted by molar-refractivity contribution is 4.81. The Bertz CT molecular complexity index is 219. The number of nitrogens with zero attached hydrogens (tertiary/aromatic N) is 3. The summed E-state index contributed by atoms with van der Waals surface area (Å²) in [4.78, 5) is 4.10. The van der Waals surface area contributed by atoms with Gasteiger partial charge in [-0.3, -0.25) is 4.68 Å². The molecule has 0 atom stereocenters. The molecule has 4 nitrogen and oxygen atoms in total. The Morgan fingerprint density at radius 3 is 3.00 bits per heavy atom. The average molecular weight is 168 g/mol. The van der Waals surface area contributed by atoms with Crippen LogP contribution in [0, 0.1) is 0 Å². The lowest BCUT2D eigenvalue weighted by Crippen LogP contribution is -2.17. The average Bonchev–Trinajstić information content (AvgIpc) is 2.46. The third kappa shape index (κ3) is 2.62. The predicted molar refractivity (Wildman–Crippen MR) is 47.6 cm³/mol. The summed E-state index contributed by atoms with van der Waals surface area (Å²) in [6.45, 7) is 4.06. The second kappa shape index (κ2) is 4.87. The van der Waals surface area contributed by atoms with Crippen molar-refractivity contribution in [1.82, 2.24) is 20.1 Å². The fraction of sp³-hybridized carbons (Fsp3) is 0.750. The lowest BCUT2D eigenvalue weighted by molar-refractivity contribution is 0.593. The summed E-state index contributed by atoms with van der Waals surface area (Å²) < 4.78 is 1.79. The number of aromatic nitrogens is 3.